The van der Waals surface area contributed by atoms with Gasteiger partial charge in [0.2, 0.25) is 0 Å². The SMILES string of the molecule is CCC1C(=O)C(C)(C)[C@@H](O)CC(=O)O[C@H](C(C)=Cc2ccccn2)C[C@@H]2O[C@]2(C)CCCC(C)C1O. The highest BCUT2D eigenvalue weighted by atomic mass is 16.6. The molecule has 7 nitrogen and oxygen atoms in total. The lowest BCUT2D eigenvalue weighted by molar-refractivity contribution is -0.154. The van der Waals surface area contributed by atoms with E-state index < -0.39 is 35.6 Å². The van der Waals surface area contributed by atoms with Crippen molar-refractivity contribution < 1.29 is 29.3 Å². The van der Waals surface area contributed by atoms with E-state index in [0.29, 0.717) is 12.8 Å². The second kappa shape index (κ2) is 11.5. The normalized spacial score (nSPS) is 36.6. The van der Waals surface area contributed by atoms with Crippen LogP contribution < -0.4 is 0 Å². The maximum atomic E-state index is 13.4. The molecule has 2 saturated heterocycles. The number of aromatic nitrogens is 1. The van der Waals surface area contributed by atoms with E-state index in [0.717, 1.165) is 30.5 Å². The summed E-state index contributed by atoms with van der Waals surface area (Å²) in [4.78, 5) is 30.8. The van der Waals surface area contributed by atoms with Crippen molar-refractivity contribution in [2.24, 2.45) is 17.3 Å². The molecule has 0 aliphatic carbocycles. The summed E-state index contributed by atoms with van der Waals surface area (Å²) in [5.74, 6) is -1.47. The summed E-state index contributed by atoms with van der Waals surface area (Å²) in [7, 11) is 0. The number of carbonyl (C=O) groups is 2. The molecule has 2 aliphatic rings. The van der Waals surface area contributed by atoms with Gasteiger partial charge < -0.3 is 19.7 Å². The Morgan fingerprint density at radius 2 is 1.94 bits per heavy atom. The van der Waals surface area contributed by atoms with E-state index in [4.69, 9.17) is 9.47 Å². The largest absolute Gasteiger partial charge is 0.458 e. The Balaban J connectivity index is 1.87. The van der Waals surface area contributed by atoms with Gasteiger partial charge in [-0.2, -0.15) is 0 Å². The fourth-order valence-corrected chi connectivity index (χ4v) is 5.30. The number of pyridine rings is 1. The van der Waals surface area contributed by atoms with Crippen LogP contribution in [0.3, 0.4) is 0 Å². The highest BCUT2D eigenvalue weighted by molar-refractivity contribution is 5.88. The van der Waals surface area contributed by atoms with Gasteiger partial charge in [0.15, 0.2) is 0 Å². The minimum absolute atomic E-state index is 0.0538. The number of Topliss-reactive ketones (excluding diaryl/α,β-unsaturated/α-hetero) is 1. The van der Waals surface area contributed by atoms with Crippen LogP contribution in [-0.2, 0) is 19.1 Å². The van der Waals surface area contributed by atoms with Crippen molar-refractivity contribution >= 4 is 17.8 Å². The maximum Gasteiger partial charge on any atom is 0.309 e. The van der Waals surface area contributed by atoms with Gasteiger partial charge in [-0.05, 0) is 62.8 Å². The summed E-state index contributed by atoms with van der Waals surface area (Å²) in [5, 5.41) is 22.0. The van der Waals surface area contributed by atoms with Crippen molar-refractivity contribution in [1.29, 1.82) is 0 Å². The molecule has 1 aromatic heterocycles. The molecular weight excluding hydrogens is 458 g/mol. The second-order valence-corrected chi connectivity index (χ2v) is 11.5. The van der Waals surface area contributed by atoms with Gasteiger partial charge in [0.1, 0.15) is 11.9 Å². The molecular formula is C29H43NO6. The van der Waals surface area contributed by atoms with Gasteiger partial charge in [-0.1, -0.05) is 40.2 Å². The summed E-state index contributed by atoms with van der Waals surface area (Å²) < 4.78 is 12.0. The lowest BCUT2D eigenvalue weighted by Gasteiger charge is -2.35. The average molecular weight is 502 g/mol. The van der Waals surface area contributed by atoms with Crippen molar-refractivity contribution in [2.45, 2.75) is 110 Å². The number of ketones is 1. The molecule has 0 saturated carbocycles. The number of carbonyl (C=O) groups excluding carboxylic acids is 2. The van der Waals surface area contributed by atoms with Gasteiger partial charge in [0, 0.05) is 18.5 Å². The van der Waals surface area contributed by atoms with Crippen molar-refractivity contribution in [3.05, 3.63) is 35.7 Å². The van der Waals surface area contributed by atoms with Gasteiger partial charge >= 0.3 is 5.97 Å². The van der Waals surface area contributed by atoms with E-state index in [-0.39, 0.29) is 29.8 Å². The molecule has 3 rings (SSSR count). The third-order valence-electron chi connectivity index (χ3n) is 8.24. The van der Waals surface area contributed by atoms with Crippen molar-refractivity contribution in [2.75, 3.05) is 0 Å². The Labute approximate surface area is 215 Å². The van der Waals surface area contributed by atoms with Crippen LogP contribution in [0, 0.1) is 17.3 Å². The first-order valence-corrected chi connectivity index (χ1v) is 13.3. The minimum Gasteiger partial charge on any atom is -0.458 e. The molecule has 0 radical (unpaired) electrons. The molecule has 2 N–H and O–H groups in total. The first kappa shape index (κ1) is 28.5. The number of fused-ring (bicyclic) bond motifs is 1. The van der Waals surface area contributed by atoms with Crippen LogP contribution in [0.5, 0.6) is 0 Å². The lowest BCUT2D eigenvalue weighted by Crippen LogP contribution is -2.46. The molecule has 7 heteroatoms. The van der Waals surface area contributed by atoms with Crippen LogP contribution in [0.15, 0.2) is 30.0 Å². The predicted molar refractivity (Wildman–Crippen MR) is 138 cm³/mol. The number of cyclic esters (lactones) is 1. The van der Waals surface area contributed by atoms with Crippen LogP contribution in [0.4, 0.5) is 0 Å². The van der Waals surface area contributed by atoms with Crippen LogP contribution in [0.2, 0.25) is 0 Å². The Kier molecular flexibility index (Phi) is 9.12. The van der Waals surface area contributed by atoms with E-state index in [9.17, 15) is 19.8 Å². The molecule has 2 aliphatic heterocycles. The Morgan fingerprint density at radius 1 is 1.22 bits per heavy atom. The molecule has 0 aromatic carbocycles. The Morgan fingerprint density at radius 3 is 2.58 bits per heavy atom. The zero-order valence-corrected chi connectivity index (χ0v) is 22.6. The monoisotopic (exact) mass is 501 g/mol. The van der Waals surface area contributed by atoms with Crippen molar-refractivity contribution in [3.63, 3.8) is 0 Å². The highest BCUT2D eigenvalue weighted by Gasteiger charge is 2.53. The topological polar surface area (TPSA) is 109 Å². The predicted octanol–water partition coefficient (Wildman–Crippen LogP) is 4.50. The van der Waals surface area contributed by atoms with Crippen molar-refractivity contribution in [1.82, 2.24) is 4.98 Å². The zero-order valence-electron chi connectivity index (χ0n) is 22.6. The number of nitrogens with zero attached hydrogens (tertiary/aromatic N) is 1. The molecule has 3 unspecified atom stereocenters. The maximum absolute atomic E-state index is 13.4. The van der Waals surface area contributed by atoms with E-state index in [1.54, 1.807) is 20.0 Å². The molecule has 36 heavy (non-hydrogen) atoms. The standard InChI is InChI=1S/C29H43NO6/c1-7-21-26(33)18(2)11-10-13-29(6)24(36-29)16-22(19(3)15-20-12-8-9-14-30-20)35-25(32)17-23(31)28(4,5)27(21)34/h8-9,12,14-15,18,21-24,26,31,33H,7,10-11,13,16-17H2,1-6H3/t18?,21?,22-,23-,24-,26?,29+/m0/s1. The van der Waals surface area contributed by atoms with Gasteiger partial charge in [-0.3, -0.25) is 14.6 Å². The summed E-state index contributed by atoms with van der Waals surface area (Å²) in [6.45, 7) is 11.1. The van der Waals surface area contributed by atoms with Gasteiger partial charge in [-0.15, -0.1) is 0 Å². The number of rotatable bonds is 3. The summed E-state index contributed by atoms with van der Waals surface area (Å²) in [5.41, 5.74) is 0.0968. The van der Waals surface area contributed by atoms with E-state index in [2.05, 4.69) is 11.9 Å². The summed E-state index contributed by atoms with van der Waals surface area (Å²) in [6, 6.07) is 5.63. The van der Waals surface area contributed by atoms with E-state index in [1.165, 1.54) is 0 Å². The number of hydrogen-bond donors (Lipinski definition) is 2. The number of aliphatic hydroxyl groups excluding tert-OH is 2. The van der Waals surface area contributed by atoms with Crippen LogP contribution in [-0.4, -0.2) is 57.0 Å². The smallest absolute Gasteiger partial charge is 0.309 e. The summed E-state index contributed by atoms with van der Waals surface area (Å²) in [6.07, 6.45) is 4.11. The fourth-order valence-electron chi connectivity index (χ4n) is 5.30. The third-order valence-corrected chi connectivity index (χ3v) is 8.24. The van der Waals surface area contributed by atoms with Crippen molar-refractivity contribution in [3.8, 4) is 0 Å². The molecule has 200 valence electrons. The van der Waals surface area contributed by atoms with E-state index >= 15 is 0 Å². The van der Waals surface area contributed by atoms with Gasteiger partial charge in [0.05, 0.1) is 41.4 Å². The molecule has 2 fully saturated rings. The Bertz CT molecular complexity index is 944. The van der Waals surface area contributed by atoms with Crippen LogP contribution in [0.25, 0.3) is 6.08 Å². The molecule has 1 aromatic rings. The first-order valence-electron chi connectivity index (χ1n) is 13.3. The molecule has 0 spiro atoms. The Hall–Kier alpha value is -2.09. The minimum atomic E-state index is -1.23. The summed E-state index contributed by atoms with van der Waals surface area (Å²) >= 11 is 0. The van der Waals surface area contributed by atoms with Crippen LogP contribution in [0.1, 0.15) is 85.8 Å². The zero-order chi connectivity index (χ0) is 26.7. The first-order chi connectivity index (χ1) is 16.9. The third kappa shape index (κ3) is 6.61. The number of hydrogen-bond acceptors (Lipinski definition) is 7. The van der Waals surface area contributed by atoms with Gasteiger partial charge in [0.25, 0.3) is 0 Å². The second-order valence-electron chi connectivity index (χ2n) is 11.5. The molecule has 7 atom stereocenters. The number of aliphatic hydroxyl groups is 2. The average Bonchev–Trinajstić information content (AvgIpc) is 3.47. The van der Waals surface area contributed by atoms with Gasteiger partial charge in [-0.25, -0.2) is 0 Å². The molecule has 0 bridgehead atoms. The lowest BCUT2D eigenvalue weighted by atomic mass is 9.71. The molecule has 0 amide bonds. The molecule has 3 heterocycles. The number of epoxide rings is 1. The quantitative estimate of drug-likeness (QED) is 0.464. The number of esters is 1. The van der Waals surface area contributed by atoms with E-state index in [1.807, 2.05) is 45.0 Å². The number of ether oxygens (including phenoxy) is 2. The fraction of sp³-hybridized carbons (Fsp3) is 0.690. The van der Waals surface area contributed by atoms with Crippen LogP contribution >= 0.6 is 0 Å². The highest BCUT2D eigenvalue weighted by Crippen LogP contribution is 2.45.